The molecule has 0 spiro atoms. The Morgan fingerprint density at radius 3 is 1.67 bits per heavy atom. The van der Waals surface area contributed by atoms with Crippen LogP contribution in [0.25, 0.3) is 0 Å². The molecule has 0 N–H and O–H groups in total. The lowest BCUT2D eigenvalue weighted by atomic mass is 10.2. The summed E-state index contributed by atoms with van der Waals surface area (Å²) in [4.78, 5) is 0. The monoisotopic (exact) mass is 231 g/mol. The Kier molecular flexibility index (Phi) is 2.53. The second-order valence-corrected chi connectivity index (χ2v) is 3.08. The van der Waals surface area contributed by atoms with Gasteiger partial charge in [0.2, 0.25) is 0 Å². The normalized spacial score (nSPS) is 13.3. The van der Waals surface area contributed by atoms with Gasteiger partial charge in [-0.2, -0.15) is 26.3 Å². The Morgan fingerprint density at radius 2 is 1.47 bits per heavy atom. The highest BCUT2D eigenvalue weighted by molar-refractivity contribution is 5.30. The fourth-order valence-electron chi connectivity index (χ4n) is 1.26. The molecule has 1 aromatic rings. The lowest BCUT2D eigenvalue weighted by Gasteiger charge is -2.08. The van der Waals surface area contributed by atoms with E-state index in [-0.39, 0.29) is 6.07 Å². The van der Waals surface area contributed by atoms with Crippen molar-refractivity contribution < 1.29 is 26.3 Å². The molecule has 0 radical (unpaired) electrons. The van der Waals surface area contributed by atoms with E-state index in [4.69, 9.17) is 0 Å². The third-order valence-corrected chi connectivity index (χ3v) is 2.13. The third kappa shape index (κ3) is 2.10. The van der Waals surface area contributed by atoms with Crippen LogP contribution in [0.4, 0.5) is 26.3 Å². The van der Waals surface area contributed by atoms with Crippen LogP contribution in [0.15, 0.2) is 6.07 Å². The molecule has 1 heterocycles. The minimum atomic E-state index is -4.77. The average molecular weight is 231 g/mol. The highest BCUT2D eigenvalue weighted by atomic mass is 19.4. The van der Waals surface area contributed by atoms with E-state index < -0.39 is 29.3 Å². The van der Waals surface area contributed by atoms with E-state index in [9.17, 15) is 26.3 Å². The van der Waals surface area contributed by atoms with Gasteiger partial charge in [-0.05, 0) is 13.0 Å². The minimum Gasteiger partial charge on any atom is -0.344 e. The molecule has 0 aliphatic carbocycles. The van der Waals surface area contributed by atoms with E-state index in [0.29, 0.717) is 4.57 Å². The highest BCUT2D eigenvalue weighted by Crippen LogP contribution is 2.38. The standard InChI is InChI=1S/C8H7F6N/c1-4-5(7(9,10)11)3-6(15(4)2)8(12,13)14/h3H,1-2H3. The smallest absolute Gasteiger partial charge is 0.344 e. The molecule has 0 bridgehead atoms. The average Bonchev–Trinajstić information content (AvgIpc) is 2.26. The van der Waals surface area contributed by atoms with Gasteiger partial charge in [0.05, 0.1) is 5.56 Å². The van der Waals surface area contributed by atoms with Crippen LogP contribution in [0.3, 0.4) is 0 Å². The first-order chi connectivity index (χ1) is 6.55. The number of aromatic nitrogens is 1. The maximum atomic E-state index is 12.2. The van der Waals surface area contributed by atoms with Crippen molar-refractivity contribution in [2.75, 3.05) is 0 Å². The van der Waals surface area contributed by atoms with Crippen molar-refractivity contribution in [2.24, 2.45) is 7.05 Å². The van der Waals surface area contributed by atoms with Crippen LogP contribution in [0.2, 0.25) is 0 Å². The SMILES string of the molecule is Cc1c(C(F)(F)F)cc(C(F)(F)F)n1C. The molecule has 7 heteroatoms. The van der Waals surface area contributed by atoms with E-state index >= 15 is 0 Å². The Labute approximate surface area is 81.3 Å². The van der Waals surface area contributed by atoms with Crippen LogP contribution >= 0.6 is 0 Å². The van der Waals surface area contributed by atoms with Gasteiger partial charge in [0, 0.05) is 12.7 Å². The highest BCUT2D eigenvalue weighted by Gasteiger charge is 2.41. The molecule has 0 amide bonds. The van der Waals surface area contributed by atoms with Crippen molar-refractivity contribution in [1.29, 1.82) is 0 Å². The molecule has 0 atom stereocenters. The van der Waals surface area contributed by atoms with E-state index in [1.165, 1.54) is 0 Å². The molecule has 1 aromatic heterocycles. The number of alkyl halides is 6. The number of rotatable bonds is 0. The van der Waals surface area contributed by atoms with Gasteiger partial charge in [-0.15, -0.1) is 0 Å². The van der Waals surface area contributed by atoms with Gasteiger partial charge in [-0.1, -0.05) is 0 Å². The zero-order valence-corrected chi connectivity index (χ0v) is 7.79. The van der Waals surface area contributed by atoms with Crippen LogP contribution in [0.1, 0.15) is 17.0 Å². The molecular weight excluding hydrogens is 224 g/mol. The fourth-order valence-corrected chi connectivity index (χ4v) is 1.26. The summed E-state index contributed by atoms with van der Waals surface area (Å²) in [5.74, 6) is 0. The lowest BCUT2D eigenvalue weighted by molar-refractivity contribution is -0.144. The number of hydrogen-bond acceptors (Lipinski definition) is 0. The summed E-state index contributed by atoms with van der Waals surface area (Å²) < 4.78 is 74.0. The van der Waals surface area contributed by atoms with Crippen molar-refractivity contribution in [1.82, 2.24) is 4.57 Å². The molecule has 15 heavy (non-hydrogen) atoms. The van der Waals surface area contributed by atoms with E-state index in [2.05, 4.69) is 0 Å². The van der Waals surface area contributed by atoms with Gasteiger partial charge < -0.3 is 4.57 Å². The summed E-state index contributed by atoms with van der Waals surface area (Å²) >= 11 is 0. The number of nitrogens with zero attached hydrogens (tertiary/aromatic N) is 1. The van der Waals surface area contributed by atoms with E-state index in [1.54, 1.807) is 0 Å². The molecule has 0 aliphatic heterocycles. The first kappa shape index (κ1) is 11.9. The topological polar surface area (TPSA) is 4.93 Å². The van der Waals surface area contributed by atoms with Crippen LogP contribution in [-0.4, -0.2) is 4.57 Å². The molecule has 1 rings (SSSR count). The maximum absolute atomic E-state index is 12.2. The van der Waals surface area contributed by atoms with E-state index in [1.807, 2.05) is 0 Å². The van der Waals surface area contributed by atoms with Crippen molar-refractivity contribution in [3.63, 3.8) is 0 Å². The fraction of sp³-hybridized carbons (Fsp3) is 0.500. The lowest BCUT2D eigenvalue weighted by Crippen LogP contribution is -2.11. The van der Waals surface area contributed by atoms with Gasteiger partial charge >= 0.3 is 12.4 Å². The summed E-state index contributed by atoms with van der Waals surface area (Å²) in [6, 6.07) is 0.120. The molecule has 1 nitrogen and oxygen atoms in total. The molecule has 0 saturated heterocycles. The first-order valence-corrected chi connectivity index (χ1v) is 3.86. The largest absolute Gasteiger partial charge is 0.431 e. The van der Waals surface area contributed by atoms with Gasteiger partial charge in [0.1, 0.15) is 5.69 Å². The molecular formula is C8H7F6N. The van der Waals surface area contributed by atoms with Crippen molar-refractivity contribution in [2.45, 2.75) is 19.3 Å². The van der Waals surface area contributed by atoms with Gasteiger partial charge in [-0.3, -0.25) is 0 Å². The van der Waals surface area contributed by atoms with Crippen LogP contribution in [0, 0.1) is 6.92 Å². The molecule has 0 saturated carbocycles. The number of halogens is 6. The zero-order chi connectivity index (χ0) is 12.0. The predicted octanol–water partition coefficient (Wildman–Crippen LogP) is 3.37. The second-order valence-electron chi connectivity index (χ2n) is 3.08. The quantitative estimate of drug-likeness (QED) is 0.603. The molecule has 0 aromatic carbocycles. The predicted molar refractivity (Wildman–Crippen MR) is 40.2 cm³/mol. The van der Waals surface area contributed by atoms with Gasteiger partial charge in [0.15, 0.2) is 0 Å². The summed E-state index contributed by atoms with van der Waals surface area (Å²) in [7, 11) is 0.952. The van der Waals surface area contributed by atoms with Crippen LogP contribution < -0.4 is 0 Å². The number of hydrogen-bond donors (Lipinski definition) is 0. The molecule has 86 valence electrons. The van der Waals surface area contributed by atoms with E-state index in [0.717, 1.165) is 14.0 Å². The summed E-state index contributed by atoms with van der Waals surface area (Å²) in [6.07, 6.45) is -9.53. The third-order valence-electron chi connectivity index (χ3n) is 2.13. The van der Waals surface area contributed by atoms with Gasteiger partial charge in [-0.25, -0.2) is 0 Å². The van der Waals surface area contributed by atoms with Crippen molar-refractivity contribution >= 4 is 0 Å². The minimum absolute atomic E-state index is 0.120. The first-order valence-electron chi connectivity index (χ1n) is 3.86. The Morgan fingerprint density at radius 1 is 1.00 bits per heavy atom. The molecule has 0 unspecified atom stereocenters. The van der Waals surface area contributed by atoms with Crippen molar-refractivity contribution in [3.8, 4) is 0 Å². The molecule has 0 fully saturated rings. The van der Waals surface area contributed by atoms with Crippen LogP contribution in [-0.2, 0) is 19.4 Å². The second kappa shape index (κ2) is 3.18. The Balaban J connectivity index is 3.38. The summed E-state index contributed by atoms with van der Waals surface area (Å²) in [5, 5.41) is 0. The summed E-state index contributed by atoms with van der Waals surface area (Å²) in [6.45, 7) is 0.998. The maximum Gasteiger partial charge on any atom is 0.431 e. The summed E-state index contributed by atoms with van der Waals surface area (Å²) in [5.41, 5.74) is -3.00. The van der Waals surface area contributed by atoms with Crippen molar-refractivity contribution in [3.05, 3.63) is 23.0 Å². The van der Waals surface area contributed by atoms with Crippen LogP contribution in [0.5, 0.6) is 0 Å². The Bertz CT molecular complexity index is 335. The van der Waals surface area contributed by atoms with Gasteiger partial charge in [0.25, 0.3) is 0 Å². The Hall–Kier alpha value is -1.14. The zero-order valence-electron chi connectivity index (χ0n) is 7.79. The molecule has 0 aliphatic rings.